The van der Waals surface area contributed by atoms with Gasteiger partial charge in [-0.3, -0.25) is 14.6 Å². The quantitative estimate of drug-likeness (QED) is 0.705. The number of amides is 1. The molecule has 2 aliphatic rings. The molecule has 1 amide bonds. The number of hydrogen-bond acceptors (Lipinski definition) is 6. The number of nitrogen functional groups attached to an aromatic ring is 1. The summed E-state index contributed by atoms with van der Waals surface area (Å²) in [6, 6.07) is 3.86. The molecule has 2 fully saturated rings. The summed E-state index contributed by atoms with van der Waals surface area (Å²) < 4.78 is 5.63. The normalized spacial score (nSPS) is 16.7. The molecule has 2 N–H and O–H groups in total. The van der Waals surface area contributed by atoms with E-state index in [-0.39, 0.29) is 11.7 Å². The first-order chi connectivity index (χ1) is 14.5. The number of benzene rings is 1. The first kappa shape index (κ1) is 20.4. The third-order valence-electron chi connectivity index (χ3n) is 6.12. The van der Waals surface area contributed by atoms with Crippen LogP contribution in [0.25, 0.3) is 10.9 Å². The van der Waals surface area contributed by atoms with Crippen LogP contribution in [0.15, 0.2) is 18.3 Å². The van der Waals surface area contributed by atoms with Crippen molar-refractivity contribution in [3.8, 4) is 5.75 Å². The standard InChI is InChI=1S/C23H30N4O3/c1-3-4-22(29)27-9-7-26(8-10-27)19-12-16-18(13-21(19)30-2)25-14-17(23(16)24)20(28)11-15-5-6-15/h12-15H,3-11H2,1-2H3,(H2,24,25). The van der Waals surface area contributed by atoms with E-state index in [2.05, 4.69) is 9.88 Å². The number of carbonyl (C=O) groups is 2. The predicted octanol–water partition coefficient (Wildman–Crippen LogP) is 3.26. The van der Waals surface area contributed by atoms with Crippen molar-refractivity contribution in [2.45, 2.75) is 39.0 Å². The van der Waals surface area contributed by atoms with E-state index in [1.54, 1.807) is 13.3 Å². The molecular formula is C23H30N4O3. The minimum Gasteiger partial charge on any atom is -0.495 e. The number of hydrogen-bond donors (Lipinski definition) is 1. The van der Waals surface area contributed by atoms with Gasteiger partial charge in [-0.15, -0.1) is 0 Å². The average molecular weight is 411 g/mol. The van der Waals surface area contributed by atoms with Gasteiger partial charge in [0.15, 0.2) is 5.78 Å². The van der Waals surface area contributed by atoms with E-state index in [4.69, 9.17) is 10.5 Å². The van der Waals surface area contributed by atoms with E-state index >= 15 is 0 Å². The molecule has 0 unspecified atom stereocenters. The molecule has 0 bridgehead atoms. The molecule has 0 atom stereocenters. The zero-order valence-corrected chi connectivity index (χ0v) is 17.8. The SMILES string of the molecule is CCCC(=O)N1CCN(c2cc3c(N)c(C(=O)CC4CC4)cnc3cc2OC)CC1. The minimum atomic E-state index is 0.0739. The molecule has 7 heteroatoms. The third kappa shape index (κ3) is 4.06. The summed E-state index contributed by atoms with van der Waals surface area (Å²) in [4.78, 5) is 33.5. The molecular weight excluding hydrogens is 380 g/mol. The van der Waals surface area contributed by atoms with Crippen LogP contribution in [0.2, 0.25) is 0 Å². The second kappa shape index (κ2) is 8.50. The number of carbonyl (C=O) groups excluding carboxylic acids is 2. The van der Waals surface area contributed by atoms with Crippen LogP contribution in [-0.2, 0) is 4.79 Å². The van der Waals surface area contributed by atoms with Crippen LogP contribution in [0.4, 0.5) is 11.4 Å². The fourth-order valence-corrected chi connectivity index (χ4v) is 4.12. The fourth-order valence-electron chi connectivity index (χ4n) is 4.12. The number of fused-ring (bicyclic) bond motifs is 1. The van der Waals surface area contributed by atoms with E-state index in [1.165, 1.54) is 0 Å². The van der Waals surface area contributed by atoms with Crippen LogP contribution in [-0.4, -0.2) is 54.9 Å². The molecule has 1 aliphatic heterocycles. The Hall–Kier alpha value is -2.83. The van der Waals surface area contributed by atoms with Gasteiger partial charge in [0.1, 0.15) is 5.75 Å². The van der Waals surface area contributed by atoms with Crippen LogP contribution < -0.4 is 15.4 Å². The maximum atomic E-state index is 12.6. The van der Waals surface area contributed by atoms with Gasteiger partial charge >= 0.3 is 0 Å². The van der Waals surface area contributed by atoms with Crippen LogP contribution in [0.5, 0.6) is 5.75 Å². The van der Waals surface area contributed by atoms with Crippen LogP contribution in [0.3, 0.4) is 0 Å². The number of aromatic nitrogens is 1. The third-order valence-corrected chi connectivity index (χ3v) is 6.12. The van der Waals surface area contributed by atoms with Gasteiger partial charge in [-0.05, 0) is 31.2 Å². The molecule has 1 aromatic carbocycles. The summed E-state index contributed by atoms with van der Waals surface area (Å²) in [7, 11) is 1.64. The largest absolute Gasteiger partial charge is 0.495 e. The molecule has 160 valence electrons. The fraction of sp³-hybridized carbons (Fsp3) is 0.522. The Balaban J connectivity index is 1.61. The molecule has 0 spiro atoms. The van der Waals surface area contributed by atoms with Crippen molar-refractivity contribution in [1.29, 1.82) is 0 Å². The highest BCUT2D eigenvalue weighted by Crippen LogP contribution is 2.38. The zero-order valence-electron chi connectivity index (χ0n) is 17.8. The Morgan fingerprint density at radius 1 is 1.20 bits per heavy atom. The molecule has 1 saturated heterocycles. The van der Waals surface area contributed by atoms with Gasteiger partial charge in [-0.1, -0.05) is 6.92 Å². The molecule has 1 aromatic heterocycles. The lowest BCUT2D eigenvalue weighted by Gasteiger charge is -2.36. The van der Waals surface area contributed by atoms with E-state index in [0.717, 1.165) is 49.2 Å². The number of anilines is 2. The number of rotatable bonds is 7. The van der Waals surface area contributed by atoms with Gasteiger partial charge in [0.25, 0.3) is 0 Å². The highest BCUT2D eigenvalue weighted by molar-refractivity contribution is 6.08. The molecule has 2 aromatic rings. The van der Waals surface area contributed by atoms with E-state index in [0.29, 0.717) is 48.6 Å². The van der Waals surface area contributed by atoms with Gasteiger partial charge in [0.05, 0.1) is 29.6 Å². The number of methoxy groups -OCH3 is 1. The van der Waals surface area contributed by atoms with Crippen molar-refractivity contribution in [2.24, 2.45) is 5.92 Å². The molecule has 30 heavy (non-hydrogen) atoms. The second-order valence-corrected chi connectivity index (χ2v) is 8.32. The molecule has 1 aliphatic carbocycles. The first-order valence-corrected chi connectivity index (χ1v) is 10.8. The van der Waals surface area contributed by atoms with Gasteiger partial charge < -0.3 is 20.3 Å². The summed E-state index contributed by atoms with van der Waals surface area (Å²) in [6.07, 6.45) is 5.86. The Labute approximate surface area is 177 Å². The van der Waals surface area contributed by atoms with Crippen LogP contribution >= 0.6 is 0 Å². The van der Waals surface area contributed by atoms with Gasteiger partial charge in [0, 0.05) is 56.7 Å². The van der Waals surface area contributed by atoms with Crippen molar-refractivity contribution < 1.29 is 14.3 Å². The Kier molecular flexibility index (Phi) is 5.79. The van der Waals surface area contributed by atoms with Crippen molar-refractivity contribution in [1.82, 2.24) is 9.88 Å². The molecule has 2 heterocycles. The predicted molar refractivity (Wildman–Crippen MR) is 118 cm³/mol. The second-order valence-electron chi connectivity index (χ2n) is 8.32. The lowest BCUT2D eigenvalue weighted by molar-refractivity contribution is -0.131. The Morgan fingerprint density at radius 3 is 2.57 bits per heavy atom. The minimum absolute atomic E-state index is 0.0739. The number of ether oxygens (including phenoxy) is 1. The highest BCUT2D eigenvalue weighted by Gasteiger charge is 2.27. The maximum Gasteiger partial charge on any atom is 0.222 e. The molecule has 4 rings (SSSR count). The topological polar surface area (TPSA) is 88.8 Å². The van der Waals surface area contributed by atoms with Gasteiger partial charge in [0.2, 0.25) is 5.91 Å². The molecule has 0 radical (unpaired) electrons. The smallest absolute Gasteiger partial charge is 0.222 e. The summed E-state index contributed by atoms with van der Waals surface area (Å²) >= 11 is 0. The number of ketones is 1. The van der Waals surface area contributed by atoms with Crippen LogP contribution in [0, 0.1) is 5.92 Å². The van der Waals surface area contributed by atoms with Gasteiger partial charge in [-0.25, -0.2) is 0 Å². The van der Waals surface area contributed by atoms with E-state index < -0.39 is 0 Å². The van der Waals surface area contributed by atoms with Crippen molar-refractivity contribution in [3.05, 3.63) is 23.9 Å². The van der Waals surface area contributed by atoms with Crippen molar-refractivity contribution >= 4 is 34.0 Å². The monoisotopic (exact) mass is 410 g/mol. The lowest BCUT2D eigenvalue weighted by atomic mass is 10.0. The summed E-state index contributed by atoms with van der Waals surface area (Å²) in [5, 5.41) is 0.775. The van der Waals surface area contributed by atoms with E-state index in [9.17, 15) is 9.59 Å². The number of nitrogens with two attached hydrogens (primary N) is 1. The van der Waals surface area contributed by atoms with E-state index in [1.807, 2.05) is 24.0 Å². The first-order valence-electron chi connectivity index (χ1n) is 10.8. The zero-order chi connectivity index (χ0) is 21.3. The van der Waals surface area contributed by atoms with Crippen LogP contribution in [0.1, 0.15) is 49.4 Å². The highest BCUT2D eigenvalue weighted by atomic mass is 16.5. The molecule has 7 nitrogen and oxygen atoms in total. The Bertz CT molecular complexity index is 963. The molecule has 1 saturated carbocycles. The summed E-state index contributed by atoms with van der Waals surface area (Å²) in [5.41, 5.74) is 9.07. The number of pyridine rings is 1. The maximum absolute atomic E-state index is 12.6. The number of Topliss-reactive ketones (excluding diaryl/α,β-unsaturated/α-hetero) is 1. The summed E-state index contributed by atoms with van der Waals surface area (Å²) in [5.74, 6) is 1.52. The van der Waals surface area contributed by atoms with Crippen molar-refractivity contribution in [3.63, 3.8) is 0 Å². The number of piperazine rings is 1. The van der Waals surface area contributed by atoms with Gasteiger partial charge in [-0.2, -0.15) is 0 Å². The Morgan fingerprint density at radius 2 is 1.93 bits per heavy atom. The van der Waals surface area contributed by atoms with Crippen molar-refractivity contribution in [2.75, 3.05) is 43.9 Å². The lowest BCUT2D eigenvalue weighted by Crippen LogP contribution is -2.48. The summed E-state index contributed by atoms with van der Waals surface area (Å²) in [6.45, 7) is 4.85. The average Bonchev–Trinajstić information content (AvgIpc) is 3.57. The number of nitrogens with zero attached hydrogens (tertiary/aromatic N) is 3.